The van der Waals surface area contributed by atoms with Gasteiger partial charge in [0.15, 0.2) is 0 Å². The molecule has 0 saturated heterocycles. The normalized spacial score (nSPS) is 13.4. The maximum Gasteiger partial charge on any atom is 0.408 e. The summed E-state index contributed by atoms with van der Waals surface area (Å²) < 4.78 is 18.1. The lowest BCUT2D eigenvalue weighted by molar-refractivity contribution is -0.143. The van der Waals surface area contributed by atoms with E-state index in [0.29, 0.717) is 5.02 Å². The van der Waals surface area contributed by atoms with Crippen LogP contribution in [-0.2, 0) is 18.7 Å². The minimum Gasteiger partial charge on any atom is -0.466 e. The molecule has 0 fully saturated rings. The van der Waals surface area contributed by atoms with Crippen LogP contribution in [0.3, 0.4) is 0 Å². The van der Waals surface area contributed by atoms with Gasteiger partial charge < -0.3 is 29.5 Å². The topological polar surface area (TPSA) is 119 Å². The Labute approximate surface area is 288 Å². The van der Waals surface area contributed by atoms with Gasteiger partial charge in [-0.25, -0.2) is 4.79 Å². The molecule has 2 amide bonds. The molecule has 0 aliphatic heterocycles. The molecule has 0 saturated carbocycles. The largest absolute Gasteiger partial charge is 0.466 e. The minimum absolute atomic E-state index is 0.0425. The number of aromatic nitrogens is 1. The number of carbonyl (C=O) groups excluding carboxylic acids is 3. The van der Waals surface area contributed by atoms with E-state index in [0.717, 1.165) is 21.3 Å². The number of amides is 2. The van der Waals surface area contributed by atoms with Crippen molar-refractivity contribution >= 4 is 59.2 Å². The fourth-order valence-corrected chi connectivity index (χ4v) is 10.6. The van der Waals surface area contributed by atoms with E-state index in [1.807, 2.05) is 36.4 Å². The molecule has 0 radical (unpaired) electrons. The van der Waals surface area contributed by atoms with Crippen LogP contribution in [0.5, 0.6) is 0 Å². The van der Waals surface area contributed by atoms with Crippen molar-refractivity contribution in [3.05, 3.63) is 95.6 Å². The number of halogens is 1. The second-order valence-corrected chi connectivity index (χ2v) is 18.5. The number of nitrogens with one attached hydrogen (secondary N) is 3. The van der Waals surface area contributed by atoms with Crippen LogP contribution in [0, 0.1) is 0 Å². The lowest BCUT2D eigenvalue weighted by Gasteiger charge is -2.44. The summed E-state index contributed by atoms with van der Waals surface area (Å²) in [4.78, 5) is 43.2. The van der Waals surface area contributed by atoms with Crippen molar-refractivity contribution in [1.29, 1.82) is 0 Å². The Bertz CT molecular complexity index is 1660. The Morgan fingerprint density at radius 2 is 1.44 bits per heavy atom. The van der Waals surface area contributed by atoms with Crippen LogP contribution in [0.25, 0.3) is 10.9 Å². The Hall–Kier alpha value is -4.12. The van der Waals surface area contributed by atoms with E-state index in [9.17, 15) is 14.4 Å². The summed E-state index contributed by atoms with van der Waals surface area (Å²) in [7, 11) is -3.08. The molecule has 3 aromatic carbocycles. The molecule has 3 N–H and O–H groups in total. The van der Waals surface area contributed by atoms with E-state index in [1.165, 1.54) is 0 Å². The van der Waals surface area contributed by atoms with Crippen LogP contribution in [0.4, 0.5) is 4.79 Å². The van der Waals surface area contributed by atoms with Gasteiger partial charge in [-0.2, -0.15) is 0 Å². The van der Waals surface area contributed by atoms with Gasteiger partial charge in [0.2, 0.25) is 0 Å². The third-order valence-corrected chi connectivity index (χ3v) is 13.2. The van der Waals surface area contributed by atoms with E-state index < -0.39 is 44.0 Å². The van der Waals surface area contributed by atoms with Gasteiger partial charge in [-0.05, 0) is 67.4 Å². The summed E-state index contributed by atoms with van der Waals surface area (Å²) in [6.45, 7) is 13.6. The molecule has 0 bridgehead atoms. The number of carbonyl (C=O) groups is 3. The van der Waals surface area contributed by atoms with Crippen LogP contribution < -0.4 is 21.0 Å². The standard InChI is InChI=1S/C37H46ClN3O6Si/c1-8-45-33(42)23-30(40-34(43)31-22-25-21-26(38)19-20-29(25)39-31)32(41-35(44)47-36(2,3)4)24-46-48(37(5,6)7,27-15-11-9-12-16-27)28-17-13-10-14-18-28/h9-22,30,32,39H,8,23-24H2,1-7H3,(H,40,43)(H,41,44). The second-order valence-electron chi connectivity index (χ2n) is 13.7. The highest BCUT2D eigenvalue weighted by atomic mass is 35.5. The van der Waals surface area contributed by atoms with Crippen molar-refractivity contribution in [1.82, 2.24) is 15.6 Å². The molecule has 0 aliphatic carbocycles. The number of fused-ring (bicyclic) bond motifs is 1. The third-order valence-electron chi connectivity index (χ3n) is 7.92. The quantitative estimate of drug-likeness (QED) is 0.118. The molecule has 1 heterocycles. The molecule has 1 aromatic heterocycles. The zero-order chi connectivity index (χ0) is 35.1. The van der Waals surface area contributed by atoms with Gasteiger partial charge in [-0.15, -0.1) is 0 Å². The maximum atomic E-state index is 13.8. The van der Waals surface area contributed by atoms with Crippen LogP contribution >= 0.6 is 11.6 Å². The van der Waals surface area contributed by atoms with E-state index in [2.05, 4.69) is 60.7 Å². The number of hydrogen-bond acceptors (Lipinski definition) is 6. The lowest BCUT2D eigenvalue weighted by Crippen LogP contribution is -2.68. The number of alkyl carbamates (subject to hydrolysis) is 1. The summed E-state index contributed by atoms with van der Waals surface area (Å²) in [6.07, 6.45) is -0.933. The Morgan fingerprint density at radius 1 is 0.833 bits per heavy atom. The number of esters is 1. The van der Waals surface area contributed by atoms with Gasteiger partial charge in [0.05, 0.1) is 31.7 Å². The van der Waals surface area contributed by atoms with Crippen molar-refractivity contribution in [3.63, 3.8) is 0 Å². The van der Waals surface area contributed by atoms with Gasteiger partial charge >= 0.3 is 12.1 Å². The lowest BCUT2D eigenvalue weighted by atomic mass is 10.1. The summed E-state index contributed by atoms with van der Waals surface area (Å²) >= 11 is 6.18. The highest BCUT2D eigenvalue weighted by molar-refractivity contribution is 6.99. The van der Waals surface area contributed by atoms with E-state index in [1.54, 1.807) is 52.0 Å². The Balaban J connectivity index is 1.77. The Kier molecular flexibility index (Phi) is 11.8. The third kappa shape index (κ3) is 9.06. The number of rotatable bonds is 12. The van der Waals surface area contributed by atoms with Crippen LogP contribution in [0.15, 0.2) is 84.9 Å². The number of hydrogen-bond donors (Lipinski definition) is 3. The first-order chi connectivity index (χ1) is 22.6. The average molecular weight is 692 g/mol. The minimum atomic E-state index is -3.08. The zero-order valence-corrected chi connectivity index (χ0v) is 30.4. The number of H-pyrrole nitrogens is 1. The van der Waals surface area contributed by atoms with E-state index >= 15 is 0 Å². The average Bonchev–Trinajstić information content (AvgIpc) is 3.43. The molecule has 256 valence electrons. The molecular weight excluding hydrogens is 646 g/mol. The molecular formula is C37H46ClN3O6Si. The molecule has 2 atom stereocenters. The maximum absolute atomic E-state index is 13.8. The number of benzene rings is 3. The van der Waals surface area contributed by atoms with Gasteiger partial charge in [0, 0.05) is 15.9 Å². The van der Waals surface area contributed by atoms with E-state index in [-0.39, 0.29) is 30.4 Å². The van der Waals surface area contributed by atoms with Crippen LogP contribution in [-0.4, -0.2) is 62.2 Å². The molecule has 4 rings (SSSR count). The first kappa shape index (κ1) is 36.7. The van der Waals surface area contributed by atoms with Crippen molar-refractivity contribution in [2.45, 2.75) is 77.6 Å². The smallest absolute Gasteiger partial charge is 0.408 e. The predicted octanol–water partition coefficient (Wildman–Crippen LogP) is 6.34. The predicted molar refractivity (Wildman–Crippen MR) is 193 cm³/mol. The van der Waals surface area contributed by atoms with Gasteiger partial charge in [0.1, 0.15) is 11.3 Å². The molecule has 0 aliphatic rings. The zero-order valence-electron chi connectivity index (χ0n) is 28.7. The monoisotopic (exact) mass is 691 g/mol. The Morgan fingerprint density at radius 3 is 1.98 bits per heavy atom. The van der Waals surface area contributed by atoms with Crippen molar-refractivity contribution in [2.24, 2.45) is 0 Å². The van der Waals surface area contributed by atoms with Gasteiger partial charge in [-0.1, -0.05) is 93.0 Å². The molecule has 48 heavy (non-hydrogen) atoms. The van der Waals surface area contributed by atoms with Crippen molar-refractivity contribution in [2.75, 3.05) is 13.2 Å². The highest BCUT2D eigenvalue weighted by Crippen LogP contribution is 2.37. The second kappa shape index (κ2) is 15.4. The SMILES string of the molecule is CCOC(=O)CC(NC(=O)c1cc2cc(Cl)ccc2[nH]1)C(CO[Si](c1ccccc1)(c1ccccc1)C(C)(C)C)NC(=O)OC(C)(C)C. The first-order valence-corrected chi connectivity index (χ1v) is 18.4. The van der Waals surface area contributed by atoms with Gasteiger partial charge in [0.25, 0.3) is 14.2 Å². The van der Waals surface area contributed by atoms with Gasteiger partial charge in [-0.3, -0.25) is 9.59 Å². The summed E-state index contributed by atoms with van der Waals surface area (Å²) in [5.41, 5.74) is 0.203. The highest BCUT2D eigenvalue weighted by Gasteiger charge is 2.51. The summed E-state index contributed by atoms with van der Waals surface area (Å²) in [5, 5.41) is 8.93. The molecule has 9 nitrogen and oxygen atoms in total. The summed E-state index contributed by atoms with van der Waals surface area (Å²) in [5.74, 6) is -1.01. The number of ether oxygens (including phenoxy) is 2. The van der Waals surface area contributed by atoms with E-state index in [4.69, 9.17) is 25.5 Å². The molecule has 0 spiro atoms. The molecule has 11 heteroatoms. The molecule has 4 aromatic rings. The fraction of sp³-hybridized carbons (Fsp3) is 0.378. The fourth-order valence-electron chi connectivity index (χ4n) is 5.86. The van der Waals surface area contributed by atoms with Crippen molar-refractivity contribution in [3.8, 4) is 0 Å². The van der Waals surface area contributed by atoms with Crippen molar-refractivity contribution < 1.29 is 28.3 Å². The van der Waals surface area contributed by atoms with Crippen LogP contribution in [0.1, 0.15) is 65.4 Å². The summed E-state index contributed by atoms with van der Waals surface area (Å²) in [6, 6.07) is 25.3. The first-order valence-electron chi connectivity index (χ1n) is 16.1. The molecule has 2 unspecified atom stereocenters. The number of aromatic amines is 1. The van der Waals surface area contributed by atoms with Crippen LogP contribution in [0.2, 0.25) is 10.1 Å².